The van der Waals surface area contributed by atoms with Crippen molar-refractivity contribution in [2.75, 3.05) is 13.1 Å². The first-order valence-electron chi connectivity index (χ1n) is 8.90. The van der Waals surface area contributed by atoms with Gasteiger partial charge < -0.3 is 20.2 Å². The molecule has 0 radical (unpaired) electrons. The summed E-state index contributed by atoms with van der Waals surface area (Å²) in [6.45, 7) is 7.29. The molecule has 2 aromatic rings. The fraction of sp³-hybridized carbons (Fsp3) is 0.450. The molecule has 2 atom stereocenters. The molecule has 0 aliphatic carbocycles. The lowest BCUT2D eigenvalue weighted by molar-refractivity contribution is 0.187. The van der Waals surface area contributed by atoms with Crippen molar-refractivity contribution in [3.05, 3.63) is 59.5 Å². The summed E-state index contributed by atoms with van der Waals surface area (Å²) in [6, 6.07) is 12.1. The number of hydrogen-bond donors (Lipinski definition) is 3. The minimum atomic E-state index is -0.611. The molecule has 5 nitrogen and oxygen atoms in total. The third-order valence-electron chi connectivity index (χ3n) is 4.09. The van der Waals surface area contributed by atoms with Crippen molar-refractivity contribution in [3.63, 3.8) is 0 Å². The predicted octanol–water partition coefficient (Wildman–Crippen LogP) is 3.82. The Morgan fingerprint density at radius 3 is 2.73 bits per heavy atom. The van der Waals surface area contributed by atoms with Gasteiger partial charge in [-0.15, -0.1) is 24.0 Å². The van der Waals surface area contributed by atoms with Gasteiger partial charge in [-0.1, -0.05) is 36.8 Å². The van der Waals surface area contributed by atoms with E-state index in [4.69, 9.17) is 4.42 Å². The Labute approximate surface area is 173 Å². The maximum absolute atomic E-state index is 10.4. The summed E-state index contributed by atoms with van der Waals surface area (Å²) in [7, 11) is 0. The van der Waals surface area contributed by atoms with Crippen molar-refractivity contribution >= 4 is 29.9 Å². The van der Waals surface area contributed by atoms with Crippen molar-refractivity contribution in [2.45, 2.75) is 45.8 Å². The van der Waals surface area contributed by atoms with Gasteiger partial charge in [0, 0.05) is 19.0 Å². The second-order valence-corrected chi connectivity index (χ2v) is 6.33. The molecule has 0 bridgehead atoms. The average molecular weight is 471 g/mol. The minimum absolute atomic E-state index is 0. The maximum Gasteiger partial charge on any atom is 0.191 e. The summed E-state index contributed by atoms with van der Waals surface area (Å²) < 4.78 is 5.34. The van der Waals surface area contributed by atoms with E-state index in [0.717, 1.165) is 36.3 Å². The largest absolute Gasteiger partial charge is 0.469 e. The smallest absolute Gasteiger partial charge is 0.191 e. The average Bonchev–Trinajstić information content (AvgIpc) is 3.12. The molecule has 0 amide bonds. The molecule has 0 saturated heterocycles. The number of furan rings is 1. The third-order valence-corrected chi connectivity index (χ3v) is 4.09. The summed E-state index contributed by atoms with van der Waals surface area (Å²) in [5.74, 6) is 1.66. The van der Waals surface area contributed by atoms with Gasteiger partial charge in [-0.2, -0.15) is 0 Å². The number of aliphatic hydroxyl groups is 1. The molecular formula is C20H30IN3O2. The third kappa shape index (κ3) is 7.78. The molecule has 26 heavy (non-hydrogen) atoms. The number of halogens is 1. The van der Waals surface area contributed by atoms with Crippen LogP contribution in [0.5, 0.6) is 0 Å². The predicted molar refractivity (Wildman–Crippen MR) is 117 cm³/mol. The van der Waals surface area contributed by atoms with Crippen LogP contribution in [0.4, 0.5) is 0 Å². The second-order valence-electron chi connectivity index (χ2n) is 6.33. The first-order chi connectivity index (χ1) is 12.1. The number of guanidine groups is 1. The van der Waals surface area contributed by atoms with E-state index in [0.29, 0.717) is 18.5 Å². The molecule has 2 unspecified atom stereocenters. The lowest BCUT2D eigenvalue weighted by atomic mass is 10.1. The zero-order valence-corrected chi connectivity index (χ0v) is 18.1. The highest BCUT2D eigenvalue weighted by atomic mass is 127. The van der Waals surface area contributed by atoms with Crippen LogP contribution < -0.4 is 10.6 Å². The Hall–Kier alpha value is -1.54. The van der Waals surface area contributed by atoms with Crippen molar-refractivity contribution < 1.29 is 9.52 Å². The van der Waals surface area contributed by atoms with Crippen molar-refractivity contribution in [1.29, 1.82) is 0 Å². The maximum atomic E-state index is 10.4. The molecule has 0 aliphatic heterocycles. The first kappa shape index (κ1) is 22.5. The van der Waals surface area contributed by atoms with Gasteiger partial charge in [0.25, 0.3) is 0 Å². The fourth-order valence-electron chi connectivity index (χ4n) is 2.41. The molecule has 2 rings (SSSR count). The van der Waals surface area contributed by atoms with E-state index >= 15 is 0 Å². The second kappa shape index (κ2) is 12.0. The standard InChI is InChI=1S/C20H29N3O2.HI/c1-4-16(3)23-20(21-11-10-18-9-6-12-25-18)22-14-19(24)17-8-5-7-15(2)13-17;/h5-9,12-13,16,19,24H,4,10-11,14H2,1-3H3,(H2,21,22,23);1H. The fourth-order valence-corrected chi connectivity index (χ4v) is 2.41. The molecule has 144 valence electrons. The summed E-state index contributed by atoms with van der Waals surface area (Å²) in [6.07, 6.45) is 2.86. The highest BCUT2D eigenvalue weighted by Gasteiger charge is 2.09. The molecule has 1 aromatic heterocycles. The van der Waals surface area contributed by atoms with E-state index in [-0.39, 0.29) is 24.0 Å². The minimum Gasteiger partial charge on any atom is -0.469 e. The van der Waals surface area contributed by atoms with Crippen LogP contribution in [0.3, 0.4) is 0 Å². The first-order valence-corrected chi connectivity index (χ1v) is 8.90. The van der Waals surface area contributed by atoms with E-state index in [1.165, 1.54) is 0 Å². The molecule has 0 fully saturated rings. The summed E-state index contributed by atoms with van der Waals surface area (Å²) in [5, 5.41) is 17.1. The van der Waals surface area contributed by atoms with Crippen LogP contribution in [-0.2, 0) is 6.42 Å². The van der Waals surface area contributed by atoms with Gasteiger partial charge in [0.05, 0.1) is 18.9 Å². The molecular weight excluding hydrogens is 441 g/mol. The van der Waals surface area contributed by atoms with Gasteiger partial charge in [0.15, 0.2) is 5.96 Å². The van der Waals surface area contributed by atoms with Crippen molar-refractivity contribution in [3.8, 4) is 0 Å². The number of aryl methyl sites for hydroxylation is 1. The van der Waals surface area contributed by atoms with E-state index in [1.54, 1.807) is 6.26 Å². The molecule has 0 saturated carbocycles. The van der Waals surface area contributed by atoms with Crippen LogP contribution in [-0.4, -0.2) is 30.2 Å². The number of benzene rings is 1. The SMILES string of the molecule is CCC(C)NC(=NCC(O)c1cccc(C)c1)NCCc1ccco1.I. The van der Waals surface area contributed by atoms with Gasteiger partial charge in [-0.05, 0) is 38.0 Å². The molecule has 0 aliphatic rings. The highest BCUT2D eigenvalue weighted by molar-refractivity contribution is 14.0. The zero-order chi connectivity index (χ0) is 18.1. The molecule has 1 heterocycles. The van der Waals surface area contributed by atoms with Gasteiger partial charge in [0.2, 0.25) is 0 Å². The number of rotatable bonds is 8. The van der Waals surface area contributed by atoms with Crippen molar-refractivity contribution in [2.24, 2.45) is 4.99 Å². The number of aliphatic hydroxyl groups excluding tert-OH is 1. The Bertz CT molecular complexity index is 659. The van der Waals surface area contributed by atoms with Gasteiger partial charge in [0.1, 0.15) is 5.76 Å². The summed E-state index contributed by atoms with van der Waals surface area (Å²) in [5.41, 5.74) is 2.03. The highest BCUT2D eigenvalue weighted by Crippen LogP contribution is 2.14. The van der Waals surface area contributed by atoms with Gasteiger partial charge >= 0.3 is 0 Å². The Kier molecular flexibility index (Phi) is 10.3. The summed E-state index contributed by atoms with van der Waals surface area (Å²) >= 11 is 0. The van der Waals surface area contributed by atoms with Crippen LogP contribution in [0, 0.1) is 6.92 Å². The Balaban J connectivity index is 0.00000338. The zero-order valence-electron chi connectivity index (χ0n) is 15.7. The lowest BCUT2D eigenvalue weighted by Crippen LogP contribution is -2.43. The van der Waals surface area contributed by atoms with E-state index in [1.807, 2.05) is 43.3 Å². The topological polar surface area (TPSA) is 69.8 Å². The van der Waals surface area contributed by atoms with E-state index in [9.17, 15) is 5.11 Å². The van der Waals surface area contributed by atoms with Crippen molar-refractivity contribution in [1.82, 2.24) is 10.6 Å². The van der Waals surface area contributed by atoms with Crippen LogP contribution in [0.2, 0.25) is 0 Å². The van der Waals surface area contributed by atoms with Crippen LogP contribution in [0.15, 0.2) is 52.1 Å². The molecule has 3 N–H and O–H groups in total. The lowest BCUT2D eigenvalue weighted by Gasteiger charge is -2.18. The normalized spacial score (nSPS) is 13.6. The Morgan fingerprint density at radius 2 is 2.08 bits per heavy atom. The number of aliphatic imine (C=N–C) groups is 1. The van der Waals surface area contributed by atoms with E-state index < -0.39 is 6.10 Å². The number of hydrogen-bond acceptors (Lipinski definition) is 3. The quantitative estimate of drug-likeness (QED) is 0.311. The molecule has 6 heteroatoms. The van der Waals surface area contributed by atoms with Crippen LogP contribution in [0.1, 0.15) is 43.3 Å². The summed E-state index contributed by atoms with van der Waals surface area (Å²) in [4.78, 5) is 4.55. The molecule has 0 spiro atoms. The van der Waals surface area contributed by atoms with Gasteiger partial charge in [-0.25, -0.2) is 0 Å². The van der Waals surface area contributed by atoms with Crippen LogP contribution in [0.25, 0.3) is 0 Å². The molecule has 1 aromatic carbocycles. The van der Waals surface area contributed by atoms with E-state index in [2.05, 4.69) is 29.5 Å². The number of nitrogens with one attached hydrogen (secondary N) is 2. The monoisotopic (exact) mass is 471 g/mol. The van der Waals surface area contributed by atoms with Gasteiger partial charge in [-0.3, -0.25) is 4.99 Å². The Morgan fingerprint density at radius 1 is 1.27 bits per heavy atom. The van der Waals surface area contributed by atoms with Crippen LogP contribution >= 0.6 is 24.0 Å². The number of nitrogens with zero attached hydrogens (tertiary/aromatic N) is 1.